The number of benzene rings is 2. The van der Waals surface area contributed by atoms with Gasteiger partial charge in [0.1, 0.15) is 42.2 Å². The number of esters is 3. The number of amides is 4. The Kier molecular flexibility index (Phi) is 24.0. The molecule has 0 fully saturated rings. The van der Waals surface area contributed by atoms with Crippen molar-refractivity contribution < 1.29 is 62.4 Å². The van der Waals surface area contributed by atoms with Gasteiger partial charge in [0, 0.05) is 33.0 Å². The molecule has 2 rings (SSSR count). The molecule has 0 saturated heterocycles. The van der Waals surface area contributed by atoms with Crippen LogP contribution < -0.4 is 26.0 Å². The SMILES string of the molecule is COc1ccc(C[C@@H](C(=O)O[C@H](C)[C@H](NC(=O)OC(C)(C)C)C(=O)N[C@H](C(C)C)[C@@H](O)CC(=O)O[C@H](C(=O)N[C@H](CN[C@@H](C)C(=O)OCc2ccccc2)CC(C)C)C(C)C)N(C)C(C)=O)cc1. The summed E-state index contributed by atoms with van der Waals surface area (Å²) in [5, 5.41) is 22.7. The number of likely N-dealkylation sites (N-methyl/N-ethyl adjacent to an activating group) is 1. The number of nitrogens with one attached hydrogen (secondary N) is 4. The molecule has 8 atom stereocenters. The van der Waals surface area contributed by atoms with Crippen molar-refractivity contribution >= 4 is 41.7 Å². The summed E-state index contributed by atoms with van der Waals surface area (Å²) in [6, 6.07) is 11.2. The van der Waals surface area contributed by atoms with Gasteiger partial charge >= 0.3 is 24.0 Å². The highest BCUT2D eigenvalue weighted by atomic mass is 16.6. The number of alkyl carbamates (subject to hydrolysis) is 1. The fraction of sp³-hybridized carbons (Fsp3) is 0.620. The minimum absolute atomic E-state index is 0.0575. The maximum Gasteiger partial charge on any atom is 0.408 e. The van der Waals surface area contributed by atoms with Gasteiger partial charge < -0.3 is 55.0 Å². The first-order chi connectivity index (χ1) is 31.7. The van der Waals surface area contributed by atoms with Gasteiger partial charge in [-0.2, -0.15) is 0 Å². The fourth-order valence-corrected chi connectivity index (χ4v) is 6.99. The first kappa shape index (κ1) is 58.4. The molecule has 0 saturated carbocycles. The molecule has 0 heterocycles. The molecule has 4 amide bonds. The predicted molar refractivity (Wildman–Crippen MR) is 255 cm³/mol. The van der Waals surface area contributed by atoms with Crippen LogP contribution in [0.3, 0.4) is 0 Å². The van der Waals surface area contributed by atoms with Gasteiger partial charge in [-0.05, 0) is 82.1 Å². The number of methoxy groups -OCH3 is 1. The molecular weight excluding hydrogens is 879 g/mol. The number of carbonyl (C=O) groups excluding carboxylic acids is 7. The van der Waals surface area contributed by atoms with Crippen molar-refractivity contribution in [2.75, 3.05) is 20.7 Å². The summed E-state index contributed by atoms with van der Waals surface area (Å²) in [7, 11) is 2.96. The summed E-state index contributed by atoms with van der Waals surface area (Å²) in [5.41, 5.74) is 0.572. The van der Waals surface area contributed by atoms with Crippen molar-refractivity contribution in [1.82, 2.24) is 26.2 Å². The normalized spacial score (nSPS) is 15.1. The lowest BCUT2D eigenvalue weighted by molar-refractivity contribution is -0.161. The molecule has 0 aliphatic heterocycles. The van der Waals surface area contributed by atoms with E-state index in [9.17, 15) is 38.7 Å². The molecule has 0 unspecified atom stereocenters. The van der Waals surface area contributed by atoms with E-state index in [-0.39, 0.29) is 25.5 Å². The van der Waals surface area contributed by atoms with E-state index in [0.29, 0.717) is 17.7 Å². The van der Waals surface area contributed by atoms with Crippen LogP contribution in [0.2, 0.25) is 0 Å². The largest absolute Gasteiger partial charge is 0.497 e. The zero-order valence-corrected chi connectivity index (χ0v) is 42.4. The zero-order valence-electron chi connectivity index (χ0n) is 42.4. The average molecular weight is 956 g/mol. The minimum Gasteiger partial charge on any atom is -0.497 e. The van der Waals surface area contributed by atoms with E-state index in [0.717, 1.165) is 5.56 Å². The van der Waals surface area contributed by atoms with Crippen LogP contribution in [0.15, 0.2) is 54.6 Å². The summed E-state index contributed by atoms with van der Waals surface area (Å²) in [6.45, 7) is 20.3. The maximum atomic E-state index is 14.1. The Hall–Kier alpha value is -5.75. The number of aliphatic hydroxyl groups excluding tert-OH is 1. The molecule has 0 aliphatic rings. The number of aliphatic hydroxyl groups is 1. The fourth-order valence-electron chi connectivity index (χ4n) is 6.99. The molecule has 18 heteroatoms. The Balaban J connectivity index is 2.22. The molecule has 380 valence electrons. The van der Waals surface area contributed by atoms with Crippen LogP contribution in [0.5, 0.6) is 5.75 Å². The smallest absolute Gasteiger partial charge is 0.408 e. The topological polar surface area (TPSA) is 237 Å². The first-order valence-corrected chi connectivity index (χ1v) is 23.2. The summed E-state index contributed by atoms with van der Waals surface area (Å²) < 4.78 is 27.6. The van der Waals surface area contributed by atoms with Crippen LogP contribution >= 0.6 is 0 Å². The van der Waals surface area contributed by atoms with Gasteiger partial charge in [-0.3, -0.25) is 24.0 Å². The summed E-state index contributed by atoms with van der Waals surface area (Å²) >= 11 is 0. The van der Waals surface area contributed by atoms with Gasteiger partial charge in [0.15, 0.2) is 6.10 Å². The van der Waals surface area contributed by atoms with E-state index in [4.69, 9.17) is 23.7 Å². The van der Waals surface area contributed by atoms with Crippen LogP contribution in [0, 0.1) is 17.8 Å². The standard InChI is InChI=1S/C50H77N5O13/c1-29(2)24-37(27-51-32(7)47(61)65-28-36-18-16-15-17-19-36)52-46(60)44(31(5)6)67-41(58)26-40(57)42(30(3)4)53-45(59)43(54-49(63)68-50(10,11)12)33(8)66-48(62)39(55(13)34(9)56)25-35-20-22-38(64-14)23-21-35/h15-23,29-33,37,39-40,42-44,51,57H,24-28H2,1-14H3,(H,52,60)(H,53,59)(H,54,63)/t32-,33+,37-,39-,40-,42+,43-,44-/m0/s1. The lowest BCUT2D eigenvalue weighted by Crippen LogP contribution is -2.59. The van der Waals surface area contributed by atoms with Crippen molar-refractivity contribution in [1.29, 1.82) is 0 Å². The van der Waals surface area contributed by atoms with Gasteiger partial charge in [-0.15, -0.1) is 0 Å². The van der Waals surface area contributed by atoms with Crippen molar-refractivity contribution in [2.24, 2.45) is 17.8 Å². The van der Waals surface area contributed by atoms with Gasteiger partial charge in [-0.25, -0.2) is 9.59 Å². The molecule has 0 radical (unpaired) electrons. The molecular formula is C50H77N5O13. The number of carbonyl (C=O) groups is 7. The van der Waals surface area contributed by atoms with Gasteiger partial charge in [-0.1, -0.05) is 84.0 Å². The average Bonchev–Trinajstić information content (AvgIpc) is 3.25. The molecule has 0 spiro atoms. The third-order valence-electron chi connectivity index (χ3n) is 10.8. The van der Waals surface area contributed by atoms with Crippen LogP contribution in [-0.2, 0) is 60.7 Å². The lowest BCUT2D eigenvalue weighted by Gasteiger charge is -2.33. The summed E-state index contributed by atoms with van der Waals surface area (Å²) in [5.74, 6) is -4.32. The Bertz CT molecular complexity index is 1940. The molecule has 0 bridgehead atoms. The van der Waals surface area contributed by atoms with E-state index < -0.39 is 114 Å². The van der Waals surface area contributed by atoms with Gasteiger partial charge in [0.2, 0.25) is 11.8 Å². The number of nitrogens with zero attached hydrogens (tertiary/aromatic N) is 1. The van der Waals surface area contributed by atoms with E-state index in [1.807, 2.05) is 44.2 Å². The predicted octanol–water partition coefficient (Wildman–Crippen LogP) is 4.62. The molecule has 18 nitrogen and oxygen atoms in total. The second-order valence-electron chi connectivity index (χ2n) is 19.2. The Morgan fingerprint density at radius 3 is 1.90 bits per heavy atom. The van der Waals surface area contributed by atoms with E-state index in [1.54, 1.807) is 79.7 Å². The number of hydrogen-bond acceptors (Lipinski definition) is 14. The highest BCUT2D eigenvalue weighted by Crippen LogP contribution is 2.19. The third-order valence-corrected chi connectivity index (χ3v) is 10.8. The van der Waals surface area contributed by atoms with Crippen molar-refractivity contribution in [2.45, 2.75) is 163 Å². The Morgan fingerprint density at radius 1 is 0.750 bits per heavy atom. The number of rotatable bonds is 26. The van der Waals surface area contributed by atoms with Crippen molar-refractivity contribution in [3.8, 4) is 5.75 Å². The second kappa shape index (κ2) is 27.9. The Labute approximate surface area is 402 Å². The molecule has 5 N–H and O–H groups in total. The molecule has 2 aromatic carbocycles. The van der Waals surface area contributed by atoms with Crippen molar-refractivity contribution in [3.05, 3.63) is 65.7 Å². The third kappa shape index (κ3) is 20.6. The Morgan fingerprint density at radius 2 is 1.37 bits per heavy atom. The number of hydrogen-bond donors (Lipinski definition) is 5. The molecule has 2 aromatic rings. The highest BCUT2D eigenvalue weighted by molar-refractivity contribution is 5.88. The first-order valence-electron chi connectivity index (χ1n) is 23.2. The monoisotopic (exact) mass is 956 g/mol. The van der Waals surface area contributed by atoms with Crippen LogP contribution in [0.4, 0.5) is 4.79 Å². The molecule has 68 heavy (non-hydrogen) atoms. The molecule has 0 aromatic heterocycles. The van der Waals surface area contributed by atoms with Gasteiger partial charge in [0.05, 0.1) is 25.7 Å². The van der Waals surface area contributed by atoms with Crippen molar-refractivity contribution in [3.63, 3.8) is 0 Å². The van der Waals surface area contributed by atoms with Crippen LogP contribution in [-0.4, -0.2) is 127 Å². The lowest BCUT2D eigenvalue weighted by atomic mass is 9.95. The number of ether oxygens (including phenoxy) is 5. The highest BCUT2D eigenvalue weighted by Gasteiger charge is 2.38. The maximum absolute atomic E-state index is 14.1. The molecule has 0 aliphatic carbocycles. The quantitative estimate of drug-likeness (QED) is 0.0640. The van der Waals surface area contributed by atoms with Crippen LogP contribution in [0.25, 0.3) is 0 Å². The second-order valence-corrected chi connectivity index (χ2v) is 19.2. The van der Waals surface area contributed by atoms with Crippen LogP contribution in [0.1, 0.15) is 107 Å². The minimum atomic E-state index is -1.58. The van der Waals surface area contributed by atoms with E-state index >= 15 is 0 Å². The van der Waals surface area contributed by atoms with E-state index in [1.165, 1.54) is 32.9 Å². The summed E-state index contributed by atoms with van der Waals surface area (Å²) in [6.07, 6.45) is -5.17. The van der Waals surface area contributed by atoms with Gasteiger partial charge in [0.25, 0.3) is 5.91 Å². The zero-order chi connectivity index (χ0) is 51.5. The summed E-state index contributed by atoms with van der Waals surface area (Å²) in [4.78, 5) is 94.7. The van der Waals surface area contributed by atoms with E-state index in [2.05, 4.69) is 21.3 Å².